The summed E-state index contributed by atoms with van der Waals surface area (Å²) in [6, 6.07) is 25.6. The molecule has 0 fully saturated rings. The highest BCUT2D eigenvalue weighted by Gasteiger charge is 2.43. The van der Waals surface area contributed by atoms with Gasteiger partial charge in [0.25, 0.3) is 11.8 Å². The van der Waals surface area contributed by atoms with Crippen LogP contribution in [0.3, 0.4) is 0 Å². The zero-order valence-electron chi connectivity index (χ0n) is 19.4. The Morgan fingerprint density at radius 1 is 0.853 bits per heavy atom. The molecule has 5 nitrogen and oxygen atoms in total. The molecule has 34 heavy (non-hydrogen) atoms. The van der Waals surface area contributed by atoms with Gasteiger partial charge in [-0.3, -0.25) is 14.5 Å². The van der Waals surface area contributed by atoms with Gasteiger partial charge >= 0.3 is 0 Å². The number of para-hydroxylation sites is 1. The Balaban J connectivity index is 1.51. The SMILES string of the molecule is CCCOc1ccc(C2=C(N3CCc4ccccc43)C(=O)N(CCc3ccccc3)C2=O)cc1. The fourth-order valence-corrected chi connectivity index (χ4v) is 4.67. The van der Waals surface area contributed by atoms with Crippen LogP contribution in [-0.4, -0.2) is 36.4 Å². The second-order valence-electron chi connectivity index (χ2n) is 8.62. The van der Waals surface area contributed by atoms with Gasteiger partial charge in [-0.15, -0.1) is 0 Å². The Bertz CT molecular complexity index is 1230. The fraction of sp³-hybridized carbons (Fsp3) is 0.241. The highest BCUT2D eigenvalue weighted by Crippen LogP contribution is 2.38. The molecule has 0 aliphatic carbocycles. The number of amides is 2. The molecule has 0 spiro atoms. The van der Waals surface area contributed by atoms with Crippen LogP contribution < -0.4 is 9.64 Å². The average Bonchev–Trinajstić information content (AvgIpc) is 3.40. The third-order valence-electron chi connectivity index (χ3n) is 6.38. The largest absolute Gasteiger partial charge is 0.494 e. The number of fused-ring (bicyclic) bond motifs is 1. The molecular weight excluding hydrogens is 424 g/mol. The minimum atomic E-state index is -0.234. The topological polar surface area (TPSA) is 49.9 Å². The fourth-order valence-electron chi connectivity index (χ4n) is 4.67. The zero-order valence-corrected chi connectivity index (χ0v) is 19.4. The van der Waals surface area contributed by atoms with Gasteiger partial charge in [0, 0.05) is 18.8 Å². The van der Waals surface area contributed by atoms with Crippen molar-refractivity contribution in [1.82, 2.24) is 4.90 Å². The maximum absolute atomic E-state index is 13.7. The summed E-state index contributed by atoms with van der Waals surface area (Å²) in [7, 11) is 0. The van der Waals surface area contributed by atoms with Crippen molar-refractivity contribution >= 4 is 23.1 Å². The molecule has 0 unspecified atom stereocenters. The van der Waals surface area contributed by atoms with Gasteiger partial charge in [0.1, 0.15) is 11.4 Å². The second-order valence-corrected chi connectivity index (χ2v) is 8.62. The average molecular weight is 453 g/mol. The number of anilines is 1. The van der Waals surface area contributed by atoms with E-state index in [4.69, 9.17) is 4.74 Å². The molecule has 0 aromatic heterocycles. The van der Waals surface area contributed by atoms with Crippen molar-refractivity contribution < 1.29 is 14.3 Å². The molecule has 0 atom stereocenters. The van der Waals surface area contributed by atoms with Crippen LogP contribution in [0.25, 0.3) is 5.57 Å². The summed E-state index contributed by atoms with van der Waals surface area (Å²) in [5, 5.41) is 0. The first-order valence-electron chi connectivity index (χ1n) is 11.9. The molecule has 5 rings (SSSR count). The summed E-state index contributed by atoms with van der Waals surface area (Å²) >= 11 is 0. The number of hydrogen-bond donors (Lipinski definition) is 0. The second kappa shape index (κ2) is 9.56. The van der Waals surface area contributed by atoms with E-state index in [1.165, 1.54) is 10.5 Å². The lowest BCUT2D eigenvalue weighted by atomic mass is 10.0. The van der Waals surface area contributed by atoms with E-state index in [0.717, 1.165) is 35.4 Å². The van der Waals surface area contributed by atoms with Crippen LogP contribution in [0.1, 0.15) is 30.0 Å². The molecule has 0 saturated heterocycles. The number of nitrogens with zero attached hydrogens (tertiary/aromatic N) is 2. The van der Waals surface area contributed by atoms with Crippen LogP contribution in [0.4, 0.5) is 5.69 Å². The zero-order chi connectivity index (χ0) is 23.5. The van der Waals surface area contributed by atoms with E-state index in [1.807, 2.05) is 77.7 Å². The van der Waals surface area contributed by atoms with Crippen molar-refractivity contribution in [3.05, 3.63) is 101 Å². The van der Waals surface area contributed by atoms with E-state index in [-0.39, 0.29) is 11.8 Å². The van der Waals surface area contributed by atoms with Crippen LogP contribution >= 0.6 is 0 Å². The van der Waals surface area contributed by atoms with Gasteiger partial charge in [0.15, 0.2) is 0 Å². The van der Waals surface area contributed by atoms with Crippen LogP contribution in [0.5, 0.6) is 5.75 Å². The highest BCUT2D eigenvalue weighted by molar-refractivity contribution is 6.36. The molecule has 2 amide bonds. The predicted octanol–water partition coefficient (Wildman–Crippen LogP) is 4.86. The Kier molecular flexibility index (Phi) is 6.17. The normalized spacial score (nSPS) is 15.3. The Hall–Kier alpha value is -3.86. The van der Waals surface area contributed by atoms with Crippen LogP contribution in [0.2, 0.25) is 0 Å². The Morgan fingerprint density at radius 3 is 2.35 bits per heavy atom. The molecule has 0 bridgehead atoms. The van der Waals surface area contributed by atoms with Gasteiger partial charge in [-0.2, -0.15) is 0 Å². The molecule has 3 aromatic rings. The van der Waals surface area contributed by atoms with E-state index in [2.05, 4.69) is 13.0 Å². The molecule has 0 saturated carbocycles. The van der Waals surface area contributed by atoms with E-state index >= 15 is 0 Å². The maximum atomic E-state index is 13.7. The predicted molar refractivity (Wildman–Crippen MR) is 134 cm³/mol. The summed E-state index contributed by atoms with van der Waals surface area (Å²) < 4.78 is 5.71. The first-order chi connectivity index (χ1) is 16.7. The third kappa shape index (κ3) is 4.10. The monoisotopic (exact) mass is 452 g/mol. The van der Waals surface area contributed by atoms with E-state index in [0.29, 0.717) is 37.4 Å². The van der Waals surface area contributed by atoms with Gasteiger partial charge in [-0.05, 0) is 54.2 Å². The molecule has 0 radical (unpaired) electrons. The lowest BCUT2D eigenvalue weighted by molar-refractivity contribution is -0.136. The molecule has 2 aliphatic heterocycles. The van der Waals surface area contributed by atoms with Crippen molar-refractivity contribution in [2.24, 2.45) is 0 Å². The first-order valence-corrected chi connectivity index (χ1v) is 11.9. The van der Waals surface area contributed by atoms with Gasteiger partial charge in [-0.25, -0.2) is 0 Å². The van der Waals surface area contributed by atoms with Crippen molar-refractivity contribution in [3.8, 4) is 5.75 Å². The molecule has 3 aromatic carbocycles. The number of imide groups is 1. The van der Waals surface area contributed by atoms with Crippen molar-refractivity contribution in [2.45, 2.75) is 26.2 Å². The Labute approximate surface area is 200 Å². The molecule has 2 heterocycles. The van der Waals surface area contributed by atoms with E-state index in [1.54, 1.807) is 0 Å². The molecule has 0 N–H and O–H groups in total. The van der Waals surface area contributed by atoms with Crippen LogP contribution in [-0.2, 0) is 22.4 Å². The number of carbonyl (C=O) groups is 2. The lowest BCUT2D eigenvalue weighted by Gasteiger charge is -2.22. The van der Waals surface area contributed by atoms with Crippen molar-refractivity contribution in [3.63, 3.8) is 0 Å². The third-order valence-corrected chi connectivity index (χ3v) is 6.38. The minimum absolute atomic E-state index is 0.223. The lowest BCUT2D eigenvalue weighted by Crippen LogP contribution is -2.36. The summed E-state index contributed by atoms with van der Waals surface area (Å²) in [6.45, 7) is 3.73. The molecule has 5 heteroatoms. The summed E-state index contributed by atoms with van der Waals surface area (Å²) in [6.07, 6.45) is 2.40. The maximum Gasteiger partial charge on any atom is 0.278 e. The summed E-state index contributed by atoms with van der Waals surface area (Å²) in [5.74, 6) is 0.304. The van der Waals surface area contributed by atoms with Gasteiger partial charge in [0.2, 0.25) is 0 Å². The van der Waals surface area contributed by atoms with Crippen LogP contribution in [0, 0.1) is 0 Å². The summed E-state index contributed by atoms with van der Waals surface area (Å²) in [5.41, 5.74) is 4.98. The smallest absolute Gasteiger partial charge is 0.278 e. The van der Waals surface area contributed by atoms with Crippen molar-refractivity contribution in [2.75, 3.05) is 24.6 Å². The highest BCUT2D eigenvalue weighted by atomic mass is 16.5. The van der Waals surface area contributed by atoms with Gasteiger partial charge in [0.05, 0.1) is 12.2 Å². The first kappa shape index (κ1) is 22.0. The number of hydrogen-bond acceptors (Lipinski definition) is 4. The van der Waals surface area contributed by atoms with Gasteiger partial charge in [-0.1, -0.05) is 67.6 Å². The number of benzene rings is 3. The van der Waals surface area contributed by atoms with E-state index in [9.17, 15) is 9.59 Å². The Morgan fingerprint density at radius 2 is 1.59 bits per heavy atom. The quantitative estimate of drug-likeness (QED) is 0.458. The summed E-state index contributed by atoms with van der Waals surface area (Å²) in [4.78, 5) is 30.8. The van der Waals surface area contributed by atoms with Crippen LogP contribution in [0.15, 0.2) is 84.6 Å². The molecular formula is C29H28N2O3. The number of ether oxygens (including phenoxy) is 1. The van der Waals surface area contributed by atoms with Gasteiger partial charge < -0.3 is 9.64 Å². The van der Waals surface area contributed by atoms with Crippen molar-refractivity contribution in [1.29, 1.82) is 0 Å². The number of rotatable bonds is 8. The standard InChI is InChI=1S/C29H28N2O3/c1-2-20-34-24-14-12-23(13-15-24)26-27(30-19-17-22-10-6-7-11-25(22)30)29(33)31(28(26)32)18-16-21-8-4-3-5-9-21/h3-15H,2,16-20H2,1H3. The minimum Gasteiger partial charge on any atom is -0.494 e. The molecule has 172 valence electrons. The molecule has 2 aliphatic rings. The van der Waals surface area contributed by atoms with E-state index < -0.39 is 0 Å². The number of carbonyl (C=O) groups excluding carboxylic acids is 2.